The van der Waals surface area contributed by atoms with Crippen LogP contribution < -0.4 is 16.0 Å². The zero-order valence-electron chi connectivity index (χ0n) is 16.6. The summed E-state index contributed by atoms with van der Waals surface area (Å²) in [6.45, 7) is 6.44. The van der Waals surface area contributed by atoms with E-state index in [1.165, 1.54) is 4.90 Å². The molecule has 0 bridgehead atoms. The van der Waals surface area contributed by atoms with Gasteiger partial charge in [0, 0.05) is 35.8 Å². The molecule has 5 nitrogen and oxygen atoms in total. The number of nitrogens with zero attached hydrogens (tertiary/aromatic N) is 1. The Balaban J connectivity index is 0.00000392. The van der Waals surface area contributed by atoms with Crippen molar-refractivity contribution in [3.05, 3.63) is 65.7 Å². The molecule has 152 valence electrons. The van der Waals surface area contributed by atoms with E-state index in [2.05, 4.69) is 59.1 Å². The largest absolute Gasteiger partial charge is 0.357 e. The standard InChI is InChI=1S/C21H28N4OS.HI/c1-4-23-21(24-14-16(2)27-19-8-6-5-7-9-19)25-15-17-10-12-18(13-11-17)20(26)22-3;/h5-13,16H,4,14-15H2,1-3H3,(H,22,26)(H2,23,24,25);1H. The van der Waals surface area contributed by atoms with Crippen molar-refractivity contribution in [1.29, 1.82) is 0 Å². The quantitative estimate of drug-likeness (QED) is 0.217. The Morgan fingerprint density at radius 2 is 1.75 bits per heavy atom. The van der Waals surface area contributed by atoms with E-state index in [9.17, 15) is 4.79 Å². The zero-order chi connectivity index (χ0) is 19.5. The Morgan fingerprint density at radius 1 is 1.07 bits per heavy atom. The Labute approximate surface area is 189 Å². The van der Waals surface area contributed by atoms with Gasteiger partial charge in [-0.05, 0) is 36.8 Å². The Bertz CT molecular complexity index is 738. The lowest BCUT2D eigenvalue weighted by atomic mass is 10.1. The molecule has 0 aliphatic rings. The van der Waals surface area contributed by atoms with Crippen LogP contribution in [0.5, 0.6) is 0 Å². The molecule has 0 fully saturated rings. The molecule has 0 radical (unpaired) electrons. The summed E-state index contributed by atoms with van der Waals surface area (Å²) in [6.07, 6.45) is 0. The summed E-state index contributed by atoms with van der Waals surface area (Å²) in [7, 11) is 1.63. The minimum Gasteiger partial charge on any atom is -0.357 e. The number of guanidine groups is 1. The lowest BCUT2D eigenvalue weighted by Crippen LogP contribution is -2.40. The van der Waals surface area contributed by atoms with Gasteiger partial charge >= 0.3 is 0 Å². The van der Waals surface area contributed by atoms with Crippen LogP contribution in [0.25, 0.3) is 0 Å². The first kappa shape index (κ1) is 24.3. The molecule has 2 rings (SSSR count). The summed E-state index contributed by atoms with van der Waals surface area (Å²) in [5, 5.41) is 9.72. The molecule has 0 spiro atoms. The summed E-state index contributed by atoms with van der Waals surface area (Å²) in [4.78, 5) is 17.5. The molecule has 2 aromatic rings. The first-order valence-corrected chi connectivity index (χ1v) is 10.0. The number of aliphatic imine (C=N–C) groups is 1. The van der Waals surface area contributed by atoms with Gasteiger partial charge in [0.15, 0.2) is 5.96 Å². The molecule has 0 saturated carbocycles. The smallest absolute Gasteiger partial charge is 0.251 e. The van der Waals surface area contributed by atoms with Crippen LogP contribution in [0.3, 0.4) is 0 Å². The molecular formula is C21H29IN4OS. The van der Waals surface area contributed by atoms with E-state index in [0.29, 0.717) is 17.4 Å². The van der Waals surface area contributed by atoms with Crippen LogP contribution >= 0.6 is 35.7 Å². The maximum Gasteiger partial charge on any atom is 0.251 e. The molecule has 28 heavy (non-hydrogen) atoms. The number of hydrogen-bond donors (Lipinski definition) is 3. The predicted molar refractivity (Wildman–Crippen MR) is 130 cm³/mol. The van der Waals surface area contributed by atoms with Crippen molar-refractivity contribution in [3.63, 3.8) is 0 Å². The highest BCUT2D eigenvalue weighted by Crippen LogP contribution is 2.21. The average molecular weight is 512 g/mol. The van der Waals surface area contributed by atoms with Crippen molar-refractivity contribution in [2.24, 2.45) is 4.99 Å². The molecule has 0 aromatic heterocycles. The number of rotatable bonds is 8. The molecule has 1 unspecified atom stereocenters. The van der Waals surface area contributed by atoms with Crippen molar-refractivity contribution in [3.8, 4) is 0 Å². The summed E-state index contributed by atoms with van der Waals surface area (Å²) >= 11 is 1.84. The Hall–Kier alpha value is -1.74. The van der Waals surface area contributed by atoms with Crippen molar-refractivity contribution >= 4 is 47.6 Å². The fourth-order valence-corrected chi connectivity index (χ4v) is 3.38. The molecule has 2 aromatic carbocycles. The van der Waals surface area contributed by atoms with Gasteiger partial charge in [-0.2, -0.15) is 0 Å². The Kier molecular flexibility index (Phi) is 11.7. The van der Waals surface area contributed by atoms with Crippen LogP contribution in [0, 0.1) is 0 Å². The number of halogens is 1. The van der Waals surface area contributed by atoms with Gasteiger partial charge in [-0.1, -0.05) is 37.3 Å². The zero-order valence-corrected chi connectivity index (χ0v) is 19.7. The minimum absolute atomic E-state index is 0. The molecule has 3 N–H and O–H groups in total. The molecule has 0 saturated heterocycles. The van der Waals surface area contributed by atoms with Crippen molar-refractivity contribution < 1.29 is 4.79 Å². The second-order valence-electron chi connectivity index (χ2n) is 6.09. The number of carbonyl (C=O) groups excluding carboxylic acids is 1. The van der Waals surface area contributed by atoms with E-state index in [-0.39, 0.29) is 29.9 Å². The van der Waals surface area contributed by atoms with Gasteiger partial charge in [0.25, 0.3) is 5.91 Å². The van der Waals surface area contributed by atoms with E-state index in [1.807, 2.05) is 42.1 Å². The minimum atomic E-state index is -0.0787. The second kappa shape index (κ2) is 13.4. The molecule has 1 amide bonds. The molecular weight excluding hydrogens is 483 g/mol. The van der Waals surface area contributed by atoms with Crippen LogP contribution in [-0.2, 0) is 6.54 Å². The highest BCUT2D eigenvalue weighted by atomic mass is 127. The van der Waals surface area contributed by atoms with E-state index in [0.717, 1.165) is 24.6 Å². The van der Waals surface area contributed by atoms with Crippen molar-refractivity contribution in [2.45, 2.75) is 30.5 Å². The van der Waals surface area contributed by atoms with Crippen LogP contribution in [-0.4, -0.2) is 37.3 Å². The third kappa shape index (κ3) is 8.52. The molecule has 0 aliphatic heterocycles. The lowest BCUT2D eigenvalue weighted by molar-refractivity contribution is 0.0963. The second-order valence-corrected chi connectivity index (χ2v) is 7.61. The average Bonchev–Trinajstić information content (AvgIpc) is 2.70. The van der Waals surface area contributed by atoms with Gasteiger partial charge in [-0.3, -0.25) is 4.79 Å². The summed E-state index contributed by atoms with van der Waals surface area (Å²) in [5.41, 5.74) is 1.72. The SMILES string of the molecule is CCNC(=NCc1ccc(C(=O)NC)cc1)NCC(C)Sc1ccccc1.I. The van der Waals surface area contributed by atoms with Gasteiger partial charge in [0.2, 0.25) is 0 Å². The maximum atomic E-state index is 11.6. The topological polar surface area (TPSA) is 65.5 Å². The summed E-state index contributed by atoms with van der Waals surface area (Å²) in [5.74, 6) is 0.721. The molecule has 7 heteroatoms. The van der Waals surface area contributed by atoms with Crippen LogP contribution in [0.15, 0.2) is 64.5 Å². The van der Waals surface area contributed by atoms with E-state index < -0.39 is 0 Å². The number of amides is 1. The molecule has 0 aliphatic carbocycles. The van der Waals surface area contributed by atoms with E-state index >= 15 is 0 Å². The van der Waals surface area contributed by atoms with Crippen molar-refractivity contribution in [2.75, 3.05) is 20.1 Å². The first-order chi connectivity index (χ1) is 13.1. The third-order valence-corrected chi connectivity index (χ3v) is 4.96. The lowest BCUT2D eigenvalue weighted by Gasteiger charge is -2.15. The maximum absolute atomic E-state index is 11.6. The summed E-state index contributed by atoms with van der Waals surface area (Å²) < 4.78 is 0. The number of thioether (sulfide) groups is 1. The fraction of sp³-hybridized carbons (Fsp3) is 0.333. The van der Waals surface area contributed by atoms with Crippen LogP contribution in [0.4, 0.5) is 0 Å². The van der Waals surface area contributed by atoms with Gasteiger partial charge in [-0.25, -0.2) is 4.99 Å². The van der Waals surface area contributed by atoms with E-state index in [1.54, 1.807) is 7.05 Å². The highest BCUT2D eigenvalue weighted by Gasteiger charge is 2.06. The first-order valence-electron chi connectivity index (χ1n) is 9.17. The van der Waals surface area contributed by atoms with Gasteiger partial charge in [-0.15, -0.1) is 35.7 Å². The van der Waals surface area contributed by atoms with Gasteiger partial charge in [0.1, 0.15) is 0 Å². The van der Waals surface area contributed by atoms with E-state index in [4.69, 9.17) is 0 Å². The monoisotopic (exact) mass is 512 g/mol. The number of hydrogen-bond acceptors (Lipinski definition) is 3. The number of benzene rings is 2. The van der Waals surface area contributed by atoms with Crippen LogP contribution in [0.2, 0.25) is 0 Å². The normalized spacial score (nSPS) is 11.9. The fourth-order valence-electron chi connectivity index (χ4n) is 2.43. The van der Waals surface area contributed by atoms with Crippen molar-refractivity contribution in [1.82, 2.24) is 16.0 Å². The van der Waals surface area contributed by atoms with Gasteiger partial charge in [0.05, 0.1) is 6.54 Å². The molecule has 1 atom stereocenters. The van der Waals surface area contributed by atoms with Crippen LogP contribution in [0.1, 0.15) is 29.8 Å². The number of nitrogens with one attached hydrogen (secondary N) is 3. The summed E-state index contributed by atoms with van der Waals surface area (Å²) in [6, 6.07) is 17.9. The van der Waals surface area contributed by atoms with Gasteiger partial charge < -0.3 is 16.0 Å². The highest BCUT2D eigenvalue weighted by molar-refractivity contribution is 14.0. The number of carbonyl (C=O) groups is 1. The third-order valence-electron chi connectivity index (χ3n) is 3.84. The predicted octanol–water partition coefficient (Wildman–Crippen LogP) is 3.90. The Morgan fingerprint density at radius 3 is 2.36 bits per heavy atom. The molecule has 0 heterocycles.